The summed E-state index contributed by atoms with van der Waals surface area (Å²) in [7, 11) is 0. The predicted octanol–water partition coefficient (Wildman–Crippen LogP) is 1.64. The third-order valence-corrected chi connectivity index (χ3v) is 6.50. The lowest BCUT2D eigenvalue weighted by Gasteiger charge is -2.30. The normalized spacial score (nSPS) is 23.2. The quantitative estimate of drug-likeness (QED) is 0.401. The molecule has 4 rings (SSSR count). The standard InChI is InChI=1S/C20H23N3O5S/c1-12-19(29-13(2)21-12)17(24)15-16(14-4-3-9-28-14)23(20(26)18(15)25)6-5-22-7-10-27-11-8-22/h3-4,9,15-16H,5-8,10-11H2,1-2H3. The first-order valence-electron chi connectivity index (χ1n) is 9.64. The maximum absolute atomic E-state index is 13.3. The summed E-state index contributed by atoms with van der Waals surface area (Å²) in [6.45, 7) is 7.38. The van der Waals surface area contributed by atoms with Crippen LogP contribution in [0.3, 0.4) is 0 Å². The summed E-state index contributed by atoms with van der Waals surface area (Å²) in [5.74, 6) is -2.33. The van der Waals surface area contributed by atoms with E-state index in [0.29, 0.717) is 42.6 Å². The van der Waals surface area contributed by atoms with Gasteiger partial charge >= 0.3 is 0 Å². The van der Waals surface area contributed by atoms with Gasteiger partial charge in [-0.2, -0.15) is 0 Å². The van der Waals surface area contributed by atoms with Crippen LogP contribution in [0, 0.1) is 19.8 Å². The highest BCUT2D eigenvalue weighted by Gasteiger charge is 2.53. The van der Waals surface area contributed by atoms with Gasteiger partial charge in [-0.3, -0.25) is 19.3 Å². The number of ketones is 2. The smallest absolute Gasteiger partial charge is 0.291 e. The van der Waals surface area contributed by atoms with Crippen LogP contribution in [0.2, 0.25) is 0 Å². The largest absolute Gasteiger partial charge is 0.467 e. The van der Waals surface area contributed by atoms with Crippen molar-refractivity contribution in [2.24, 2.45) is 5.92 Å². The second kappa shape index (κ2) is 8.17. The van der Waals surface area contributed by atoms with Crippen molar-refractivity contribution in [2.45, 2.75) is 19.9 Å². The molecule has 9 heteroatoms. The first kappa shape index (κ1) is 19.9. The minimum Gasteiger partial charge on any atom is -0.467 e. The number of ether oxygens (including phenoxy) is 1. The van der Waals surface area contributed by atoms with Crippen LogP contribution >= 0.6 is 11.3 Å². The fraction of sp³-hybridized carbons (Fsp3) is 0.500. The molecule has 2 aliphatic heterocycles. The Labute approximate surface area is 172 Å². The third kappa shape index (κ3) is 3.77. The molecule has 8 nitrogen and oxygen atoms in total. The SMILES string of the molecule is Cc1nc(C)c(C(=O)C2C(=O)C(=O)N(CCN3CCOCC3)C2c2ccco2)s1. The fourth-order valence-electron chi connectivity index (χ4n) is 3.98. The van der Waals surface area contributed by atoms with Crippen LogP contribution in [0.4, 0.5) is 0 Å². The molecule has 0 aliphatic carbocycles. The van der Waals surface area contributed by atoms with Crippen molar-refractivity contribution in [2.75, 3.05) is 39.4 Å². The number of furan rings is 1. The highest BCUT2D eigenvalue weighted by atomic mass is 32.1. The fourth-order valence-corrected chi connectivity index (χ4v) is 4.88. The third-order valence-electron chi connectivity index (χ3n) is 5.41. The number of aromatic nitrogens is 1. The van der Waals surface area contributed by atoms with E-state index in [-0.39, 0.29) is 5.78 Å². The molecule has 2 atom stereocenters. The zero-order valence-electron chi connectivity index (χ0n) is 16.4. The van der Waals surface area contributed by atoms with Gasteiger partial charge < -0.3 is 14.1 Å². The van der Waals surface area contributed by atoms with Crippen LogP contribution < -0.4 is 0 Å². The zero-order chi connectivity index (χ0) is 20.5. The van der Waals surface area contributed by atoms with E-state index >= 15 is 0 Å². The van der Waals surface area contributed by atoms with E-state index in [2.05, 4.69) is 9.88 Å². The summed E-state index contributed by atoms with van der Waals surface area (Å²) in [6, 6.07) is 2.68. The van der Waals surface area contributed by atoms with Gasteiger partial charge in [0.2, 0.25) is 5.78 Å². The molecule has 2 unspecified atom stereocenters. The van der Waals surface area contributed by atoms with Crippen LogP contribution in [-0.4, -0.2) is 71.7 Å². The van der Waals surface area contributed by atoms with Crippen LogP contribution in [-0.2, 0) is 14.3 Å². The first-order chi connectivity index (χ1) is 14.0. The number of carbonyl (C=O) groups excluding carboxylic acids is 3. The summed E-state index contributed by atoms with van der Waals surface area (Å²) < 4.78 is 10.9. The minimum atomic E-state index is -1.11. The Balaban J connectivity index is 1.63. The molecule has 2 aromatic heterocycles. The van der Waals surface area contributed by atoms with E-state index in [1.807, 2.05) is 6.92 Å². The number of likely N-dealkylation sites (tertiary alicyclic amines) is 1. The number of nitrogens with zero attached hydrogens (tertiary/aromatic N) is 3. The van der Waals surface area contributed by atoms with Crippen molar-refractivity contribution in [3.05, 3.63) is 39.7 Å². The molecule has 2 saturated heterocycles. The molecule has 0 N–H and O–H groups in total. The Bertz CT molecular complexity index is 917. The number of morpholine rings is 1. The van der Waals surface area contributed by atoms with E-state index in [0.717, 1.165) is 18.1 Å². The maximum atomic E-state index is 13.3. The zero-order valence-corrected chi connectivity index (χ0v) is 17.2. The van der Waals surface area contributed by atoms with Crippen molar-refractivity contribution < 1.29 is 23.5 Å². The topological polar surface area (TPSA) is 92.9 Å². The number of Topliss-reactive ketones (excluding diaryl/α,β-unsaturated/α-hetero) is 2. The average molecular weight is 417 g/mol. The molecule has 4 heterocycles. The number of amides is 1. The van der Waals surface area contributed by atoms with Gasteiger partial charge in [-0.05, 0) is 26.0 Å². The lowest BCUT2D eigenvalue weighted by Crippen LogP contribution is -2.42. The van der Waals surface area contributed by atoms with E-state index in [9.17, 15) is 14.4 Å². The molecular formula is C20H23N3O5S. The monoisotopic (exact) mass is 417 g/mol. The highest BCUT2D eigenvalue weighted by Crippen LogP contribution is 2.39. The van der Waals surface area contributed by atoms with E-state index < -0.39 is 23.7 Å². The van der Waals surface area contributed by atoms with Crippen LogP contribution in [0.15, 0.2) is 22.8 Å². The van der Waals surface area contributed by atoms with E-state index in [1.54, 1.807) is 19.1 Å². The van der Waals surface area contributed by atoms with Gasteiger partial charge in [0.25, 0.3) is 5.91 Å². The van der Waals surface area contributed by atoms with Crippen molar-refractivity contribution in [3.8, 4) is 0 Å². The Morgan fingerprint density at radius 3 is 2.62 bits per heavy atom. The first-order valence-corrected chi connectivity index (χ1v) is 10.5. The molecular weight excluding hydrogens is 394 g/mol. The van der Waals surface area contributed by atoms with Crippen LogP contribution in [0.5, 0.6) is 0 Å². The molecule has 2 aromatic rings. The van der Waals surface area contributed by atoms with Crippen molar-refractivity contribution >= 4 is 28.8 Å². The van der Waals surface area contributed by atoms with Gasteiger partial charge in [-0.25, -0.2) is 4.98 Å². The molecule has 154 valence electrons. The van der Waals surface area contributed by atoms with Gasteiger partial charge in [-0.1, -0.05) is 0 Å². The second-order valence-electron chi connectivity index (χ2n) is 7.27. The van der Waals surface area contributed by atoms with Gasteiger partial charge in [-0.15, -0.1) is 11.3 Å². The molecule has 29 heavy (non-hydrogen) atoms. The van der Waals surface area contributed by atoms with Gasteiger partial charge in [0.05, 0.1) is 35.1 Å². The Hall–Kier alpha value is -2.36. The van der Waals surface area contributed by atoms with Gasteiger partial charge in [0.15, 0.2) is 5.78 Å². The summed E-state index contributed by atoms with van der Waals surface area (Å²) in [5, 5.41) is 0.751. The Morgan fingerprint density at radius 2 is 2.00 bits per heavy atom. The Kier molecular flexibility index (Phi) is 5.62. The Morgan fingerprint density at radius 1 is 1.24 bits per heavy atom. The van der Waals surface area contributed by atoms with Gasteiger partial charge in [0, 0.05) is 26.2 Å². The molecule has 0 radical (unpaired) electrons. The van der Waals surface area contributed by atoms with E-state index in [1.165, 1.54) is 22.5 Å². The molecule has 0 saturated carbocycles. The highest BCUT2D eigenvalue weighted by molar-refractivity contribution is 7.13. The summed E-state index contributed by atoms with van der Waals surface area (Å²) >= 11 is 1.25. The summed E-state index contributed by atoms with van der Waals surface area (Å²) in [5.41, 5.74) is 0.586. The van der Waals surface area contributed by atoms with Crippen LogP contribution in [0.1, 0.15) is 32.2 Å². The molecule has 0 spiro atoms. The van der Waals surface area contributed by atoms with Gasteiger partial charge in [0.1, 0.15) is 17.7 Å². The maximum Gasteiger partial charge on any atom is 0.291 e. The second-order valence-corrected chi connectivity index (χ2v) is 8.47. The van der Waals surface area contributed by atoms with Crippen molar-refractivity contribution in [1.29, 1.82) is 0 Å². The van der Waals surface area contributed by atoms with E-state index in [4.69, 9.17) is 9.15 Å². The summed E-state index contributed by atoms with van der Waals surface area (Å²) in [6.07, 6.45) is 1.49. The molecule has 0 bridgehead atoms. The summed E-state index contributed by atoms with van der Waals surface area (Å²) in [4.78, 5) is 47.4. The van der Waals surface area contributed by atoms with Crippen molar-refractivity contribution in [3.63, 3.8) is 0 Å². The lowest BCUT2D eigenvalue weighted by molar-refractivity contribution is -0.141. The average Bonchev–Trinajstić information content (AvgIpc) is 3.41. The number of carbonyl (C=O) groups is 3. The lowest BCUT2D eigenvalue weighted by atomic mass is 9.91. The predicted molar refractivity (Wildman–Crippen MR) is 105 cm³/mol. The van der Waals surface area contributed by atoms with Crippen molar-refractivity contribution in [1.82, 2.24) is 14.8 Å². The number of thiazole rings is 1. The number of aryl methyl sites for hydroxylation is 2. The van der Waals surface area contributed by atoms with Crippen LogP contribution in [0.25, 0.3) is 0 Å². The minimum absolute atomic E-state index is 0.348. The molecule has 1 amide bonds. The molecule has 2 aliphatic rings. The molecule has 0 aromatic carbocycles. The number of hydrogen-bond acceptors (Lipinski definition) is 8. The number of rotatable bonds is 6. The number of hydrogen-bond donors (Lipinski definition) is 0. The molecule has 2 fully saturated rings.